The topological polar surface area (TPSA) is 96.0 Å². The highest BCUT2D eigenvalue weighted by Gasteiger charge is 2.33. The molecule has 1 unspecified atom stereocenters. The number of rotatable bonds is 13. The van der Waals surface area contributed by atoms with Crippen molar-refractivity contribution >= 4 is 39.1 Å². The van der Waals surface area contributed by atoms with Crippen LogP contribution >= 0.6 is 11.6 Å². The standard InChI is InChI=1S/C29H34ClN3O5S/c1-4-31-29(35)27(19-22-11-7-6-8-12-22)32(20-23-13-9-10-14-26(23)30)28(34)21-33(39(3,36)37)24-15-17-25(18-16-24)38-5-2/h6-18,27H,4-5,19-21H2,1-3H3,(H,31,35). The van der Waals surface area contributed by atoms with Crippen LogP contribution in [-0.2, 0) is 32.6 Å². The number of benzene rings is 3. The molecule has 2 amide bonds. The van der Waals surface area contributed by atoms with Crippen molar-refractivity contribution in [2.24, 2.45) is 0 Å². The van der Waals surface area contributed by atoms with Crippen molar-refractivity contribution < 1.29 is 22.7 Å². The third kappa shape index (κ3) is 8.46. The zero-order valence-corrected chi connectivity index (χ0v) is 23.9. The number of ether oxygens (including phenoxy) is 1. The Morgan fingerprint density at radius 3 is 2.18 bits per heavy atom. The summed E-state index contributed by atoms with van der Waals surface area (Å²) in [5, 5.41) is 3.26. The van der Waals surface area contributed by atoms with Crippen LogP contribution in [0.1, 0.15) is 25.0 Å². The number of sulfonamides is 1. The van der Waals surface area contributed by atoms with Crippen molar-refractivity contribution in [1.82, 2.24) is 10.2 Å². The van der Waals surface area contributed by atoms with Gasteiger partial charge in [0.2, 0.25) is 21.8 Å². The van der Waals surface area contributed by atoms with E-state index in [9.17, 15) is 18.0 Å². The first kappa shape index (κ1) is 30.0. The van der Waals surface area contributed by atoms with Gasteiger partial charge in [0, 0.05) is 24.5 Å². The molecule has 3 rings (SSSR count). The fraction of sp³-hybridized carbons (Fsp3) is 0.310. The molecular weight excluding hydrogens is 538 g/mol. The Hall–Kier alpha value is -3.56. The molecule has 0 bridgehead atoms. The number of hydrogen-bond donors (Lipinski definition) is 1. The zero-order chi connectivity index (χ0) is 28.4. The van der Waals surface area contributed by atoms with Gasteiger partial charge in [-0.1, -0.05) is 60.1 Å². The van der Waals surface area contributed by atoms with E-state index in [0.29, 0.717) is 35.2 Å². The molecular formula is C29H34ClN3O5S. The first-order valence-corrected chi connectivity index (χ1v) is 14.9. The second-order valence-electron chi connectivity index (χ2n) is 8.91. The maximum Gasteiger partial charge on any atom is 0.244 e. The summed E-state index contributed by atoms with van der Waals surface area (Å²) in [5.74, 6) is -0.296. The molecule has 0 spiro atoms. The highest BCUT2D eigenvalue weighted by atomic mass is 35.5. The molecule has 39 heavy (non-hydrogen) atoms. The minimum atomic E-state index is -3.85. The van der Waals surface area contributed by atoms with Gasteiger partial charge in [-0.25, -0.2) is 8.42 Å². The molecule has 0 aromatic heterocycles. The molecule has 0 fully saturated rings. The lowest BCUT2D eigenvalue weighted by molar-refractivity contribution is -0.140. The Morgan fingerprint density at radius 2 is 1.59 bits per heavy atom. The molecule has 10 heteroatoms. The molecule has 0 saturated carbocycles. The highest BCUT2D eigenvalue weighted by Crippen LogP contribution is 2.24. The molecule has 0 heterocycles. The SMILES string of the molecule is CCNC(=O)C(Cc1ccccc1)N(Cc1ccccc1Cl)C(=O)CN(c1ccc(OCC)cc1)S(C)(=O)=O. The number of anilines is 1. The molecule has 0 aliphatic carbocycles. The smallest absolute Gasteiger partial charge is 0.244 e. The molecule has 1 atom stereocenters. The second kappa shape index (κ2) is 14.0. The summed E-state index contributed by atoms with van der Waals surface area (Å²) in [7, 11) is -3.85. The lowest BCUT2D eigenvalue weighted by Gasteiger charge is -2.33. The molecule has 3 aromatic carbocycles. The fourth-order valence-electron chi connectivity index (χ4n) is 4.15. The van der Waals surface area contributed by atoms with Crippen LogP contribution in [0.5, 0.6) is 5.75 Å². The van der Waals surface area contributed by atoms with Crippen molar-refractivity contribution in [2.75, 3.05) is 30.3 Å². The maximum atomic E-state index is 14.0. The molecule has 8 nitrogen and oxygen atoms in total. The lowest BCUT2D eigenvalue weighted by Crippen LogP contribution is -2.53. The van der Waals surface area contributed by atoms with Crippen LogP contribution in [0.25, 0.3) is 0 Å². The lowest BCUT2D eigenvalue weighted by atomic mass is 10.0. The Bertz CT molecular complexity index is 1350. The predicted molar refractivity (Wildman–Crippen MR) is 154 cm³/mol. The van der Waals surface area contributed by atoms with Crippen LogP contribution in [0.15, 0.2) is 78.9 Å². The zero-order valence-electron chi connectivity index (χ0n) is 22.3. The summed E-state index contributed by atoms with van der Waals surface area (Å²) in [6.45, 7) is 4.02. The van der Waals surface area contributed by atoms with Crippen molar-refractivity contribution in [3.8, 4) is 5.75 Å². The van der Waals surface area contributed by atoms with Crippen LogP contribution in [0.4, 0.5) is 5.69 Å². The Morgan fingerprint density at radius 1 is 0.949 bits per heavy atom. The molecule has 0 saturated heterocycles. The van der Waals surface area contributed by atoms with Crippen molar-refractivity contribution in [1.29, 1.82) is 0 Å². The van der Waals surface area contributed by atoms with Gasteiger partial charge in [-0.15, -0.1) is 0 Å². The van der Waals surface area contributed by atoms with Crippen molar-refractivity contribution in [2.45, 2.75) is 32.9 Å². The van der Waals surface area contributed by atoms with Gasteiger partial charge in [0.15, 0.2) is 0 Å². The Labute approximate surface area is 235 Å². The molecule has 208 valence electrons. The van der Waals surface area contributed by atoms with E-state index in [-0.39, 0.29) is 18.9 Å². The average molecular weight is 572 g/mol. The molecule has 3 aromatic rings. The predicted octanol–water partition coefficient (Wildman–Crippen LogP) is 4.28. The van der Waals surface area contributed by atoms with E-state index in [1.165, 1.54) is 4.90 Å². The Balaban J connectivity index is 2.02. The number of carbonyl (C=O) groups excluding carboxylic acids is 2. The van der Waals surface area contributed by atoms with E-state index in [0.717, 1.165) is 16.1 Å². The summed E-state index contributed by atoms with van der Waals surface area (Å²) < 4.78 is 32.2. The minimum Gasteiger partial charge on any atom is -0.494 e. The van der Waals surface area contributed by atoms with E-state index >= 15 is 0 Å². The monoisotopic (exact) mass is 571 g/mol. The first-order chi connectivity index (χ1) is 18.6. The summed E-state index contributed by atoms with van der Waals surface area (Å²) >= 11 is 6.44. The van der Waals surface area contributed by atoms with E-state index in [4.69, 9.17) is 16.3 Å². The van der Waals surface area contributed by atoms with E-state index in [1.807, 2.05) is 37.3 Å². The van der Waals surface area contributed by atoms with Crippen LogP contribution < -0.4 is 14.4 Å². The van der Waals surface area contributed by atoms with Crippen molar-refractivity contribution in [3.63, 3.8) is 0 Å². The van der Waals surface area contributed by atoms with Gasteiger partial charge in [-0.05, 0) is 55.3 Å². The summed E-state index contributed by atoms with van der Waals surface area (Å²) in [4.78, 5) is 28.7. The molecule has 0 aliphatic rings. The van der Waals surface area contributed by atoms with Crippen LogP contribution in [0.2, 0.25) is 5.02 Å². The van der Waals surface area contributed by atoms with Gasteiger partial charge >= 0.3 is 0 Å². The number of carbonyl (C=O) groups is 2. The summed E-state index contributed by atoms with van der Waals surface area (Å²) in [5.41, 5.74) is 1.81. The number of nitrogens with one attached hydrogen (secondary N) is 1. The van der Waals surface area contributed by atoms with Crippen LogP contribution in [0, 0.1) is 0 Å². The average Bonchev–Trinajstić information content (AvgIpc) is 2.91. The molecule has 1 N–H and O–H groups in total. The van der Waals surface area contributed by atoms with Gasteiger partial charge in [0.05, 0.1) is 18.6 Å². The number of nitrogens with zero attached hydrogens (tertiary/aromatic N) is 2. The minimum absolute atomic E-state index is 0.0218. The quantitative estimate of drug-likeness (QED) is 0.330. The summed E-state index contributed by atoms with van der Waals surface area (Å²) in [6.07, 6.45) is 1.28. The fourth-order valence-corrected chi connectivity index (χ4v) is 5.19. The van der Waals surface area contributed by atoms with Gasteiger partial charge in [0.25, 0.3) is 0 Å². The van der Waals surface area contributed by atoms with E-state index < -0.39 is 28.5 Å². The highest BCUT2D eigenvalue weighted by molar-refractivity contribution is 7.92. The number of halogens is 1. The molecule has 0 aliphatic heterocycles. The summed E-state index contributed by atoms with van der Waals surface area (Å²) in [6, 6.07) is 22.0. The van der Waals surface area contributed by atoms with Crippen LogP contribution in [-0.4, -0.2) is 57.1 Å². The Kier molecular flexibility index (Phi) is 10.8. The van der Waals surface area contributed by atoms with Gasteiger partial charge in [-0.3, -0.25) is 13.9 Å². The third-order valence-corrected chi connectivity index (χ3v) is 7.54. The number of likely N-dealkylation sites (N-methyl/N-ethyl adjacent to an activating group) is 1. The third-order valence-electron chi connectivity index (χ3n) is 6.04. The largest absolute Gasteiger partial charge is 0.494 e. The van der Waals surface area contributed by atoms with E-state index in [1.54, 1.807) is 55.5 Å². The van der Waals surface area contributed by atoms with Gasteiger partial charge in [0.1, 0.15) is 18.3 Å². The van der Waals surface area contributed by atoms with Crippen molar-refractivity contribution in [3.05, 3.63) is 95.0 Å². The van der Waals surface area contributed by atoms with Gasteiger partial charge in [-0.2, -0.15) is 0 Å². The normalized spacial score (nSPS) is 11.9. The molecule has 0 radical (unpaired) electrons. The maximum absolute atomic E-state index is 14.0. The van der Waals surface area contributed by atoms with E-state index in [2.05, 4.69) is 5.32 Å². The first-order valence-electron chi connectivity index (χ1n) is 12.7. The number of amides is 2. The van der Waals surface area contributed by atoms with Crippen LogP contribution in [0.3, 0.4) is 0 Å². The van der Waals surface area contributed by atoms with Gasteiger partial charge < -0.3 is 15.0 Å². The second-order valence-corrected chi connectivity index (χ2v) is 11.2. The number of hydrogen-bond acceptors (Lipinski definition) is 5.